The van der Waals surface area contributed by atoms with Gasteiger partial charge in [0.05, 0.1) is 16.8 Å². The minimum absolute atomic E-state index is 0.259. The number of carbonyl (C=O) groups excluding carboxylic acids is 2. The van der Waals surface area contributed by atoms with E-state index in [2.05, 4.69) is 15.6 Å². The van der Waals surface area contributed by atoms with Gasteiger partial charge in [0.25, 0.3) is 5.91 Å². The second-order valence-corrected chi connectivity index (χ2v) is 6.48. The Labute approximate surface area is 166 Å². The molecule has 0 fully saturated rings. The zero-order valence-corrected chi connectivity index (χ0v) is 16.5. The van der Waals surface area contributed by atoms with Gasteiger partial charge in [-0.15, -0.1) is 0 Å². The van der Waals surface area contributed by atoms with Crippen molar-refractivity contribution in [3.05, 3.63) is 58.7 Å². The zero-order valence-electron chi connectivity index (χ0n) is 16.5. The van der Waals surface area contributed by atoms with E-state index in [1.807, 2.05) is 13.8 Å². The molecule has 1 aromatic carbocycles. The van der Waals surface area contributed by atoms with E-state index in [4.69, 9.17) is 18.5 Å². The van der Waals surface area contributed by atoms with E-state index in [1.165, 1.54) is 6.92 Å². The van der Waals surface area contributed by atoms with Gasteiger partial charge in [0, 0.05) is 6.07 Å². The number of esters is 1. The number of amides is 1. The Morgan fingerprint density at radius 1 is 1.10 bits per heavy atom. The Bertz CT molecular complexity index is 986. The summed E-state index contributed by atoms with van der Waals surface area (Å²) in [7, 11) is 0. The average Bonchev–Trinajstić information content (AvgIpc) is 3.25. The second-order valence-electron chi connectivity index (χ2n) is 6.48. The first-order valence-corrected chi connectivity index (χ1v) is 8.93. The van der Waals surface area contributed by atoms with Crippen molar-refractivity contribution in [1.82, 2.24) is 10.3 Å². The van der Waals surface area contributed by atoms with E-state index in [9.17, 15) is 9.59 Å². The summed E-state index contributed by atoms with van der Waals surface area (Å²) in [6.45, 7) is 7.15. The van der Waals surface area contributed by atoms with Crippen LogP contribution in [0, 0.1) is 20.8 Å². The maximum atomic E-state index is 12.3. The van der Waals surface area contributed by atoms with E-state index < -0.39 is 18.0 Å². The van der Waals surface area contributed by atoms with Crippen LogP contribution in [0.2, 0.25) is 0 Å². The minimum atomic E-state index is -1.00. The molecule has 0 spiro atoms. The predicted molar refractivity (Wildman–Crippen MR) is 101 cm³/mol. The van der Waals surface area contributed by atoms with E-state index >= 15 is 0 Å². The SMILES string of the molecule is Cc1cc(NC(=O)[C@H](C)OC(=O)c2ccc(OCc3c(C)noc3C)cc2)no1. The molecule has 3 aromatic rings. The number of ether oxygens (including phenoxy) is 2. The van der Waals surface area contributed by atoms with Crippen molar-refractivity contribution >= 4 is 17.7 Å². The van der Waals surface area contributed by atoms with E-state index in [0.29, 0.717) is 29.4 Å². The quantitative estimate of drug-likeness (QED) is 0.601. The van der Waals surface area contributed by atoms with Crippen LogP contribution < -0.4 is 10.1 Å². The standard InChI is InChI=1S/C20H21N3O6/c1-11-9-18(23-28-11)21-19(24)14(4)27-20(25)15-5-7-16(8-6-15)26-10-17-12(2)22-29-13(17)3/h5-9,14H,10H2,1-4H3,(H,21,23,24)/t14-/m0/s1. The topological polar surface area (TPSA) is 117 Å². The van der Waals surface area contributed by atoms with E-state index in [-0.39, 0.29) is 5.82 Å². The van der Waals surface area contributed by atoms with Crippen LogP contribution >= 0.6 is 0 Å². The highest BCUT2D eigenvalue weighted by atomic mass is 16.5. The third kappa shape index (κ3) is 5.01. The first-order chi connectivity index (χ1) is 13.8. The lowest BCUT2D eigenvalue weighted by Crippen LogP contribution is -2.30. The first kappa shape index (κ1) is 20.1. The summed E-state index contributed by atoms with van der Waals surface area (Å²) in [4.78, 5) is 24.4. The van der Waals surface area contributed by atoms with Crippen molar-refractivity contribution in [3.63, 3.8) is 0 Å². The number of aromatic nitrogens is 2. The fourth-order valence-electron chi connectivity index (χ4n) is 2.49. The van der Waals surface area contributed by atoms with Crippen molar-refractivity contribution in [2.45, 2.75) is 40.4 Å². The molecule has 0 unspecified atom stereocenters. The Kier molecular flexibility index (Phi) is 5.96. The Balaban J connectivity index is 1.53. The van der Waals surface area contributed by atoms with Crippen LogP contribution in [0.3, 0.4) is 0 Å². The Morgan fingerprint density at radius 2 is 1.83 bits per heavy atom. The normalized spacial score (nSPS) is 11.7. The molecule has 2 aromatic heterocycles. The number of nitrogens with one attached hydrogen (secondary N) is 1. The van der Waals surface area contributed by atoms with Gasteiger partial charge in [0.2, 0.25) is 0 Å². The molecule has 0 saturated carbocycles. The molecule has 9 heteroatoms. The highest BCUT2D eigenvalue weighted by Gasteiger charge is 2.20. The molecular weight excluding hydrogens is 378 g/mol. The van der Waals surface area contributed by atoms with Crippen molar-refractivity contribution in [3.8, 4) is 5.75 Å². The average molecular weight is 399 g/mol. The summed E-state index contributed by atoms with van der Waals surface area (Å²) < 4.78 is 20.9. The summed E-state index contributed by atoms with van der Waals surface area (Å²) in [5.74, 6) is 0.966. The Hall–Kier alpha value is -3.62. The van der Waals surface area contributed by atoms with Crippen LogP contribution in [0.15, 0.2) is 39.4 Å². The van der Waals surface area contributed by atoms with Crippen LogP contribution in [-0.2, 0) is 16.1 Å². The molecule has 0 radical (unpaired) electrons. The van der Waals surface area contributed by atoms with Gasteiger partial charge >= 0.3 is 5.97 Å². The summed E-state index contributed by atoms with van der Waals surface area (Å²) in [6.07, 6.45) is -1.00. The molecule has 1 N–H and O–H groups in total. The van der Waals surface area contributed by atoms with Crippen LogP contribution in [0.4, 0.5) is 5.82 Å². The van der Waals surface area contributed by atoms with Crippen molar-refractivity contribution in [2.24, 2.45) is 0 Å². The third-order valence-electron chi connectivity index (χ3n) is 4.19. The molecule has 0 aliphatic heterocycles. The largest absolute Gasteiger partial charge is 0.489 e. The highest BCUT2D eigenvalue weighted by molar-refractivity contribution is 5.96. The monoisotopic (exact) mass is 399 g/mol. The van der Waals surface area contributed by atoms with Gasteiger partial charge in [0.15, 0.2) is 11.9 Å². The van der Waals surface area contributed by atoms with Crippen LogP contribution in [0.1, 0.15) is 40.1 Å². The van der Waals surface area contributed by atoms with Gasteiger partial charge in [-0.25, -0.2) is 4.79 Å². The lowest BCUT2D eigenvalue weighted by Gasteiger charge is -2.12. The van der Waals surface area contributed by atoms with Gasteiger partial charge in [-0.2, -0.15) is 0 Å². The van der Waals surface area contributed by atoms with Gasteiger partial charge in [0.1, 0.15) is 23.9 Å². The van der Waals surface area contributed by atoms with Crippen molar-refractivity contribution in [1.29, 1.82) is 0 Å². The molecule has 9 nitrogen and oxygen atoms in total. The summed E-state index contributed by atoms with van der Waals surface area (Å²) in [6, 6.07) is 8.00. The maximum absolute atomic E-state index is 12.3. The van der Waals surface area contributed by atoms with Crippen molar-refractivity contribution < 1.29 is 28.1 Å². The molecule has 29 heavy (non-hydrogen) atoms. The van der Waals surface area contributed by atoms with E-state index in [1.54, 1.807) is 37.3 Å². The number of anilines is 1. The fourth-order valence-corrected chi connectivity index (χ4v) is 2.49. The van der Waals surface area contributed by atoms with Gasteiger partial charge in [-0.05, 0) is 52.0 Å². The molecule has 1 atom stereocenters. The predicted octanol–water partition coefficient (Wildman–Crippen LogP) is 3.35. The molecule has 0 aliphatic carbocycles. The molecule has 0 bridgehead atoms. The van der Waals surface area contributed by atoms with Crippen LogP contribution in [0.5, 0.6) is 5.75 Å². The Morgan fingerprint density at radius 3 is 2.41 bits per heavy atom. The summed E-state index contributed by atoms with van der Waals surface area (Å²) >= 11 is 0. The smallest absolute Gasteiger partial charge is 0.338 e. The van der Waals surface area contributed by atoms with Gasteiger partial charge < -0.3 is 23.8 Å². The van der Waals surface area contributed by atoms with Crippen LogP contribution in [0.25, 0.3) is 0 Å². The van der Waals surface area contributed by atoms with Gasteiger partial charge in [-0.1, -0.05) is 10.3 Å². The zero-order chi connectivity index (χ0) is 21.0. The lowest BCUT2D eigenvalue weighted by molar-refractivity contribution is -0.123. The highest BCUT2D eigenvalue weighted by Crippen LogP contribution is 2.18. The number of hydrogen-bond donors (Lipinski definition) is 1. The van der Waals surface area contributed by atoms with E-state index in [0.717, 1.165) is 11.3 Å². The molecule has 3 rings (SSSR count). The molecule has 152 valence electrons. The van der Waals surface area contributed by atoms with Crippen LogP contribution in [-0.4, -0.2) is 28.3 Å². The molecular formula is C20H21N3O6. The number of nitrogens with zero attached hydrogens (tertiary/aromatic N) is 2. The lowest BCUT2D eigenvalue weighted by atomic mass is 10.2. The molecule has 1 amide bonds. The van der Waals surface area contributed by atoms with Crippen molar-refractivity contribution in [2.75, 3.05) is 5.32 Å². The first-order valence-electron chi connectivity index (χ1n) is 8.93. The number of carbonyl (C=O) groups is 2. The summed E-state index contributed by atoms with van der Waals surface area (Å²) in [5, 5.41) is 10.1. The number of rotatable bonds is 7. The van der Waals surface area contributed by atoms with Gasteiger partial charge in [-0.3, -0.25) is 4.79 Å². The minimum Gasteiger partial charge on any atom is -0.489 e. The molecule has 2 heterocycles. The third-order valence-corrected chi connectivity index (χ3v) is 4.19. The summed E-state index contributed by atoms with van der Waals surface area (Å²) in [5.41, 5.74) is 1.96. The molecule has 0 saturated heterocycles. The second kappa shape index (κ2) is 8.59. The number of hydrogen-bond acceptors (Lipinski definition) is 8. The molecule has 0 aliphatic rings. The maximum Gasteiger partial charge on any atom is 0.338 e. The fraction of sp³-hybridized carbons (Fsp3) is 0.300. The number of aryl methyl sites for hydroxylation is 3. The number of benzene rings is 1.